The normalized spacial score (nSPS) is 26.1. The topological polar surface area (TPSA) is 138 Å². The maximum absolute atomic E-state index is 14.9. The molecular formula is C24H32FN9O4. The van der Waals surface area contributed by atoms with Crippen LogP contribution in [0.3, 0.4) is 0 Å². The van der Waals surface area contributed by atoms with Crippen LogP contribution in [-0.4, -0.2) is 106 Å². The third-order valence-corrected chi connectivity index (χ3v) is 7.28. The summed E-state index contributed by atoms with van der Waals surface area (Å²) >= 11 is 0. The monoisotopic (exact) mass is 529 g/mol. The van der Waals surface area contributed by atoms with Gasteiger partial charge in [-0.1, -0.05) is 0 Å². The molecule has 2 atom stereocenters. The third-order valence-electron chi connectivity index (χ3n) is 7.28. The molecule has 0 radical (unpaired) electrons. The minimum absolute atomic E-state index is 0.107. The molecule has 2 aromatic heterocycles. The second-order valence-corrected chi connectivity index (χ2v) is 9.80. The minimum Gasteiger partial charge on any atom is -0.477 e. The number of rotatable bonds is 7. The average molecular weight is 530 g/mol. The van der Waals surface area contributed by atoms with Crippen LogP contribution in [0.1, 0.15) is 26.2 Å². The first kappa shape index (κ1) is 25.8. The first-order chi connectivity index (χ1) is 18.3. The number of aromatic nitrogens is 4. The molecule has 0 saturated carbocycles. The van der Waals surface area contributed by atoms with Crippen molar-refractivity contribution in [2.24, 2.45) is 0 Å². The number of carbonyl (C=O) groups excluding carboxylic acids is 2. The number of hydrogen-bond donors (Lipinski definition) is 2. The Morgan fingerprint density at radius 2 is 2.00 bits per heavy atom. The van der Waals surface area contributed by atoms with Gasteiger partial charge in [-0.15, -0.1) is 0 Å². The minimum atomic E-state index is -1.24. The number of nitrogens with zero attached hydrogens (tertiary/aromatic N) is 7. The van der Waals surface area contributed by atoms with E-state index in [4.69, 9.17) is 9.47 Å². The maximum atomic E-state index is 14.9. The zero-order chi connectivity index (χ0) is 26.7. The Morgan fingerprint density at radius 1 is 1.18 bits per heavy atom. The van der Waals surface area contributed by atoms with E-state index in [-0.39, 0.29) is 30.2 Å². The van der Waals surface area contributed by atoms with Gasteiger partial charge in [-0.2, -0.15) is 4.98 Å². The summed E-state index contributed by atoms with van der Waals surface area (Å²) < 4.78 is 25.6. The second-order valence-electron chi connectivity index (χ2n) is 9.80. The molecule has 204 valence electrons. The molecule has 14 heteroatoms. The van der Waals surface area contributed by atoms with E-state index in [1.807, 2.05) is 6.92 Å². The number of anilines is 2. The van der Waals surface area contributed by atoms with Crippen molar-refractivity contribution < 1.29 is 23.5 Å². The fourth-order valence-electron chi connectivity index (χ4n) is 5.17. The zero-order valence-electron chi connectivity index (χ0n) is 21.5. The summed E-state index contributed by atoms with van der Waals surface area (Å²) in [5.41, 5.74) is -0.231. The van der Waals surface area contributed by atoms with E-state index in [0.29, 0.717) is 25.0 Å². The molecule has 13 nitrogen and oxygen atoms in total. The summed E-state index contributed by atoms with van der Waals surface area (Å²) in [5.74, 6) is 0.972. The predicted octanol–water partition coefficient (Wildman–Crippen LogP) is 1.68. The van der Waals surface area contributed by atoms with Crippen LogP contribution >= 0.6 is 0 Å². The lowest BCUT2D eigenvalue weighted by Gasteiger charge is -2.39. The van der Waals surface area contributed by atoms with Crippen LogP contribution in [0.5, 0.6) is 11.8 Å². The maximum Gasteiger partial charge on any atom is 0.414 e. The molecule has 0 spiro atoms. The molecular weight excluding hydrogens is 497 g/mol. The molecule has 2 aromatic rings. The van der Waals surface area contributed by atoms with Gasteiger partial charge in [0.2, 0.25) is 17.7 Å². The van der Waals surface area contributed by atoms with Crippen molar-refractivity contribution in [1.82, 2.24) is 35.1 Å². The number of piperidine rings is 2. The lowest BCUT2D eigenvalue weighted by atomic mass is 9.96. The number of halogens is 1. The van der Waals surface area contributed by atoms with Crippen molar-refractivity contribution in [2.75, 3.05) is 56.6 Å². The number of ether oxygens (including phenoxy) is 2. The van der Waals surface area contributed by atoms with Gasteiger partial charge in [-0.25, -0.2) is 28.9 Å². The standard InChI is InChI=1S/C24H32FN9O4/c1-3-37-20-13-27-18(12-28-20)29-22(35)32(2)17-14-34(9-5-16(17)25)21-26-8-4-19(30-21)38-23(36)31-24-6-10-33(15-24)11-7-24/h4,8,12-13,16-17H,3,5-7,9-11,14-15H2,1-2H3,(H,31,36)(H,27,29,35)/t16-,17+/m1/s1. The van der Waals surface area contributed by atoms with Crippen LogP contribution in [0.2, 0.25) is 0 Å². The predicted molar refractivity (Wildman–Crippen MR) is 135 cm³/mol. The zero-order valence-corrected chi connectivity index (χ0v) is 21.5. The van der Waals surface area contributed by atoms with Gasteiger partial charge in [-0.05, 0) is 26.2 Å². The highest BCUT2D eigenvalue weighted by molar-refractivity contribution is 5.88. The lowest BCUT2D eigenvalue weighted by molar-refractivity contribution is 0.133. The van der Waals surface area contributed by atoms with Gasteiger partial charge in [0.15, 0.2) is 5.82 Å². The fourth-order valence-corrected chi connectivity index (χ4v) is 5.17. The Bertz CT molecular complexity index is 1150. The number of fused-ring (bicyclic) bond motifs is 2. The molecule has 0 unspecified atom stereocenters. The highest BCUT2D eigenvalue weighted by Crippen LogP contribution is 2.32. The molecule has 2 N–H and O–H groups in total. The summed E-state index contributed by atoms with van der Waals surface area (Å²) in [6, 6.07) is 0.222. The van der Waals surface area contributed by atoms with Crippen LogP contribution in [0.4, 0.5) is 25.7 Å². The van der Waals surface area contributed by atoms with Crippen molar-refractivity contribution in [3.8, 4) is 11.8 Å². The van der Waals surface area contributed by atoms with E-state index >= 15 is 0 Å². The smallest absolute Gasteiger partial charge is 0.414 e. The number of hydrogen-bond acceptors (Lipinski definition) is 10. The Hall–Kier alpha value is -3.81. The molecule has 3 fully saturated rings. The van der Waals surface area contributed by atoms with Crippen LogP contribution < -0.4 is 25.0 Å². The molecule has 3 amide bonds. The third kappa shape index (κ3) is 5.69. The molecule has 3 aliphatic heterocycles. The van der Waals surface area contributed by atoms with Gasteiger partial charge < -0.3 is 29.5 Å². The number of amides is 3. The van der Waals surface area contributed by atoms with Crippen LogP contribution in [0.15, 0.2) is 24.7 Å². The first-order valence-electron chi connectivity index (χ1n) is 12.8. The van der Waals surface area contributed by atoms with Crippen molar-refractivity contribution in [2.45, 2.75) is 43.9 Å². The van der Waals surface area contributed by atoms with E-state index in [1.165, 1.54) is 36.6 Å². The van der Waals surface area contributed by atoms with Gasteiger partial charge in [0.25, 0.3) is 0 Å². The van der Waals surface area contributed by atoms with Crippen molar-refractivity contribution >= 4 is 23.9 Å². The van der Waals surface area contributed by atoms with E-state index in [9.17, 15) is 14.0 Å². The largest absolute Gasteiger partial charge is 0.477 e. The first-order valence-corrected chi connectivity index (χ1v) is 12.8. The van der Waals surface area contributed by atoms with Crippen molar-refractivity contribution in [3.05, 3.63) is 24.7 Å². The Balaban J connectivity index is 1.19. The van der Waals surface area contributed by atoms with Gasteiger partial charge >= 0.3 is 12.1 Å². The highest BCUT2D eigenvalue weighted by Gasteiger charge is 2.45. The van der Waals surface area contributed by atoms with Gasteiger partial charge in [0, 0.05) is 52.0 Å². The van der Waals surface area contributed by atoms with Crippen LogP contribution in [0, 0.1) is 0 Å². The summed E-state index contributed by atoms with van der Waals surface area (Å²) in [6.07, 6.45) is 4.48. The van der Waals surface area contributed by atoms with Crippen LogP contribution in [-0.2, 0) is 0 Å². The Morgan fingerprint density at radius 3 is 2.68 bits per heavy atom. The number of nitrogens with one attached hydrogen (secondary N) is 2. The molecule has 2 bridgehead atoms. The van der Waals surface area contributed by atoms with Gasteiger partial charge in [0.05, 0.1) is 30.6 Å². The van der Waals surface area contributed by atoms with E-state index in [0.717, 1.165) is 32.5 Å². The molecule has 3 saturated heterocycles. The number of urea groups is 1. The van der Waals surface area contributed by atoms with Crippen molar-refractivity contribution in [1.29, 1.82) is 0 Å². The number of alkyl halides is 1. The van der Waals surface area contributed by atoms with Crippen LogP contribution in [0.25, 0.3) is 0 Å². The van der Waals surface area contributed by atoms with Gasteiger partial charge in [-0.3, -0.25) is 5.32 Å². The molecule has 0 aliphatic carbocycles. The molecule has 5 heterocycles. The summed E-state index contributed by atoms with van der Waals surface area (Å²) in [4.78, 5) is 47.6. The molecule has 5 rings (SSSR count). The highest BCUT2D eigenvalue weighted by atomic mass is 19.1. The summed E-state index contributed by atoms with van der Waals surface area (Å²) in [6.45, 7) is 5.58. The second kappa shape index (κ2) is 10.9. The fraction of sp³-hybridized carbons (Fsp3) is 0.583. The Labute approximate surface area is 219 Å². The quantitative estimate of drug-likeness (QED) is 0.545. The Kier molecular flexibility index (Phi) is 7.40. The molecule has 38 heavy (non-hydrogen) atoms. The van der Waals surface area contributed by atoms with E-state index in [1.54, 1.807) is 4.90 Å². The lowest BCUT2D eigenvalue weighted by Crippen LogP contribution is -2.55. The molecule has 3 aliphatic rings. The summed E-state index contributed by atoms with van der Waals surface area (Å²) in [7, 11) is 1.52. The summed E-state index contributed by atoms with van der Waals surface area (Å²) in [5, 5.41) is 5.64. The van der Waals surface area contributed by atoms with Gasteiger partial charge in [0.1, 0.15) is 6.17 Å². The number of likely N-dealkylation sites (N-methyl/N-ethyl adjacent to an activating group) is 1. The number of carbonyl (C=O) groups is 2. The average Bonchev–Trinajstić information content (AvgIpc) is 3.50. The SMILES string of the molecule is CCOc1cnc(NC(=O)N(C)[C@H]2CN(c3nccc(OC(=O)NC45CCN(CC4)C5)n3)CC[C@H]2F)cn1. The van der Waals surface area contributed by atoms with E-state index in [2.05, 4.69) is 35.5 Å². The molecule has 0 aromatic carbocycles. The van der Waals surface area contributed by atoms with Crippen molar-refractivity contribution in [3.63, 3.8) is 0 Å². The van der Waals surface area contributed by atoms with E-state index < -0.39 is 24.3 Å².